The molecule has 1 aliphatic heterocycles. The first kappa shape index (κ1) is 22.4. The molecule has 0 spiro atoms. The summed E-state index contributed by atoms with van der Waals surface area (Å²) in [7, 11) is 1.70. The predicted octanol–water partition coefficient (Wildman–Crippen LogP) is 8.87. The van der Waals surface area contributed by atoms with E-state index < -0.39 is 5.60 Å². The molecule has 2 aliphatic rings. The Labute approximate surface area is 221 Å². The Bertz CT molecular complexity index is 1720. The Hall–Kier alpha value is -3.82. The van der Waals surface area contributed by atoms with Crippen LogP contribution < -0.4 is 9.47 Å². The van der Waals surface area contributed by atoms with Crippen molar-refractivity contribution >= 4 is 28.2 Å². The lowest BCUT2D eigenvalue weighted by molar-refractivity contribution is 0.167. The molecule has 4 aromatic carbocycles. The topological polar surface area (TPSA) is 18.5 Å². The molecule has 3 heteroatoms. The van der Waals surface area contributed by atoms with Crippen molar-refractivity contribution in [3.8, 4) is 22.6 Å². The molecule has 2 nitrogen and oxygen atoms in total. The summed E-state index contributed by atoms with van der Waals surface area (Å²) in [4.78, 5) is 2.44. The van der Waals surface area contributed by atoms with Crippen LogP contribution in [-0.4, -0.2) is 7.11 Å². The Morgan fingerprint density at radius 1 is 0.811 bits per heavy atom. The summed E-state index contributed by atoms with van der Waals surface area (Å²) >= 11 is 1.79. The second-order valence-electron chi connectivity index (χ2n) is 10.5. The van der Waals surface area contributed by atoms with Gasteiger partial charge in [0, 0.05) is 26.8 Å². The molecule has 5 aromatic rings. The van der Waals surface area contributed by atoms with Gasteiger partial charge in [-0.3, -0.25) is 0 Å². The van der Waals surface area contributed by atoms with Gasteiger partial charge in [0.25, 0.3) is 0 Å². The number of hydrogen-bond acceptors (Lipinski definition) is 3. The molecule has 182 valence electrons. The molecular weight excluding hydrogens is 472 g/mol. The number of hydrogen-bond donors (Lipinski definition) is 0. The molecular formula is C34H28O2S. The molecule has 0 bridgehead atoms. The Morgan fingerprint density at radius 3 is 2.27 bits per heavy atom. The van der Waals surface area contributed by atoms with E-state index in [2.05, 4.69) is 106 Å². The quantitative estimate of drug-likeness (QED) is 0.246. The molecule has 0 N–H and O–H groups in total. The molecule has 1 aromatic heterocycles. The monoisotopic (exact) mass is 500 g/mol. The van der Waals surface area contributed by atoms with Gasteiger partial charge < -0.3 is 9.47 Å². The maximum absolute atomic E-state index is 7.29. The second kappa shape index (κ2) is 7.84. The summed E-state index contributed by atoms with van der Waals surface area (Å²) < 4.78 is 12.8. The van der Waals surface area contributed by atoms with Crippen LogP contribution in [-0.2, 0) is 11.0 Å². The van der Waals surface area contributed by atoms with Crippen LogP contribution in [0.4, 0.5) is 0 Å². The fourth-order valence-electron chi connectivity index (χ4n) is 6.30. The highest BCUT2D eigenvalue weighted by atomic mass is 32.1. The number of aryl methyl sites for hydroxylation is 1. The molecule has 1 atom stereocenters. The fourth-order valence-corrected chi connectivity index (χ4v) is 7.30. The van der Waals surface area contributed by atoms with E-state index in [1.54, 1.807) is 18.4 Å². The van der Waals surface area contributed by atoms with Gasteiger partial charge in [-0.15, -0.1) is 11.3 Å². The van der Waals surface area contributed by atoms with Crippen molar-refractivity contribution in [1.82, 2.24) is 0 Å². The number of thiophene rings is 1. The SMILES string of the molecule is COc1ccc(C2(c3ccc(C)s3)C=Cc3c4c(c5ccccc5c3O2)-c2ccccc2C4(C)C)cc1. The summed E-state index contributed by atoms with van der Waals surface area (Å²) in [6.07, 6.45) is 4.58. The van der Waals surface area contributed by atoms with Crippen LogP contribution in [0.25, 0.3) is 28.0 Å². The van der Waals surface area contributed by atoms with E-state index in [-0.39, 0.29) is 5.41 Å². The average molecular weight is 501 g/mol. The van der Waals surface area contributed by atoms with Crippen molar-refractivity contribution in [2.75, 3.05) is 7.11 Å². The van der Waals surface area contributed by atoms with Gasteiger partial charge in [0.15, 0.2) is 5.60 Å². The minimum Gasteiger partial charge on any atom is -0.497 e. The average Bonchev–Trinajstić information content (AvgIpc) is 3.48. The van der Waals surface area contributed by atoms with Crippen molar-refractivity contribution in [1.29, 1.82) is 0 Å². The van der Waals surface area contributed by atoms with Gasteiger partial charge in [-0.2, -0.15) is 0 Å². The molecule has 1 aliphatic carbocycles. The van der Waals surface area contributed by atoms with E-state index in [0.717, 1.165) is 22.4 Å². The van der Waals surface area contributed by atoms with E-state index in [1.165, 1.54) is 43.0 Å². The lowest BCUT2D eigenvalue weighted by atomic mass is 9.77. The number of ether oxygens (including phenoxy) is 2. The number of benzene rings is 4. The van der Waals surface area contributed by atoms with Crippen molar-refractivity contribution in [2.45, 2.75) is 31.8 Å². The van der Waals surface area contributed by atoms with Crippen LogP contribution in [0.2, 0.25) is 0 Å². The Kier molecular flexibility index (Phi) is 4.74. The highest BCUT2D eigenvalue weighted by molar-refractivity contribution is 7.12. The zero-order chi connectivity index (χ0) is 25.4. The Balaban J connectivity index is 1.54. The molecule has 0 amide bonds. The van der Waals surface area contributed by atoms with Crippen LogP contribution in [0.1, 0.15) is 45.9 Å². The van der Waals surface area contributed by atoms with E-state index in [4.69, 9.17) is 9.47 Å². The number of fused-ring (bicyclic) bond motifs is 8. The van der Waals surface area contributed by atoms with E-state index >= 15 is 0 Å². The third-order valence-corrected chi connectivity index (χ3v) is 9.19. The molecule has 37 heavy (non-hydrogen) atoms. The van der Waals surface area contributed by atoms with Gasteiger partial charge in [-0.25, -0.2) is 0 Å². The summed E-state index contributed by atoms with van der Waals surface area (Å²) in [6, 6.07) is 30.2. The van der Waals surface area contributed by atoms with Crippen molar-refractivity contribution < 1.29 is 9.47 Å². The molecule has 0 radical (unpaired) electrons. The maximum atomic E-state index is 7.29. The summed E-state index contributed by atoms with van der Waals surface area (Å²) in [5.74, 6) is 1.80. The van der Waals surface area contributed by atoms with Crippen LogP contribution >= 0.6 is 11.3 Å². The molecule has 0 fully saturated rings. The van der Waals surface area contributed by atoms with Crippen molar-refractivity contribution in [3.05, 3.63) is 123 Å². The predicted molar refractivity (Wildman–Crippen MR) is 154 cm³/mol. The molecule has 1 unspecified atom stereocenters. The van der Waals surface area contributed by atoms with Crippen LogP contribution in [0.3, 0.4) is 0 Å². The van der Waals surface area contributed by atoms with Crippen molar-refractivity contribution in [3.63, 3.8) is 0 Å². The van der Waals surface area contributed by atoms with Gasteiger partial charge in [0.1, 0.15) is 11.5 Å². The highest BCUT2D eigenvalue weighted by Crippen LogP contribution is 2.58. The number of rotatable bonds is 3. The molecule has 2 heterocycles. The first-order valence-corrected chi connectivity index (χ1v) is 13.5. The lowest BCUT2D eigenvalue weighted by Gasteiger charge is -2.37. The van der Waals surface area contributed by atoms with Crippen LogP contribution in [0.15, 0.2) is 91.0 Å². The molecule has 7 rings (SSSR count). The third kappa shape index (κ3) is 3.04. The van der Waals surface area contributed by atoms with Crippen LogP contribution in [0.5, 0.6) is 11.5 Å². The highest BCUT2D eigenvalue weighted by Gasteiger charge is 2.44. The van der Waals surface area contributed by atoms with Gasteiger partial charge in [-0.05, 0) is 64.9 Å². The van der Waals surface area contributed by atoms with E-state index in [9.17, 15) is 0 Å². The smallest absolute Gasteiger partial charge is 0.187 e. The van der Waals surface area contributed by atoms with Gasteiger partial charge in [0.05, 0.1) is 12.0 Å². The second-order valence-corrected chi connectivity index (χ2v) is 11.8. The largest absolute Gasteiger partial charge is 0.497 e. The minimum absolute atomic E-state index is 0.132. The summed E-state index contributed by atoms with van der Waals surface area (Å²) in [6.45, 7) is 6.83. The molecule has 0 saturated heterocycles. The third-order valence-electron chi connectivity index (χ3n) is 8.07. The normalized spacial score (nSPS) is 18.7. The van der Waals surface area contributed by atoms with E-state index in [0.29, 0.717) is 0 Å². The van der Waals surface area contributed by atoms with Gasteiger partial charge in [-0.1, -0.05) is 80.6 Å². The fraction of sp³-hybridized carbons (Fsp3) is 0.176. The lowest BCUT2D eigenvalue weighted by Crippen LogP contribution is -2.34. The standard InChI is InChI=1S/C34H28O2S/c1-21-13-18-29(37-21)34(22-14-16-23(35-4)17-15-22)20-19-27-31-30(24-9-5-6-10-25(24)32(27)36-34)26-11-7-8-12-28(26)33(31,2)3/h5-20H,1-4H3. The zero-order valence-electron chi connectivity index (χ0n) is 21.5. The zero-order valence-corrected chi connectivity index (χ0v) is 22.3. The Morgan fingerprint density at radius 2 is 1.54 bits per heavy atom. The molecule has 0 saturated carbocycles. The summed E-state index contributed by atoms with van der Waals surface area (Å²) in [5.41, 5.74) is 6.82. The first-order valence-electron chi connectivity index (χ1n) is 12.7. The van der Waals surface area contributed by atoms with E-state index in [1.807, 2.05) is 12.1 Å². The minimum atomic E-state index is -0.717. The maximum Gasteiger partial charge on any atom is 0.187 e. The number of methoxy groups -OCH3 is 1. The van der Waals surface area contributed by atoms with Crippen LogP contribution in [0, 0.1) is 6.92 Å². The van der Waals surface area contributed by atoms with Gasteiger partial charge in [0.2, 0.25) is 0 Å². The van der Waals surface area contributed by atoms with Crippen molar-refractivity contribution in [2.24, 2.45) is 0 Å². The first-order chi connectivity index (χ1) is 17.9. The summed E-state index contributed by atoms with van der Waals surface area (Å²) in [5, 5.41) is 2.40. The van der Waals surface area contributed by atoms with Gasteiger partial charge >= 0.3 is 0 Å².